The largest absolute Gasteiger partial charge is 0.457 e. The van der Waals surface area contributed by atoms with Gasteiger partial charge in [-0.05, 0) is 56.9 Å². The third-order valence-corrected chi connectivity index (χ3v) is 6.57. The van der Waals surface area contributed by atoms with Crippen LogP contribution in [0.4, 0.5) is 26.2 Å². The number of ether oxygens (including phenoxy) is 1. The molecule has 0 bridgehead atoms. The first-order valence-electron chi connectivity index (χ1n) is 12.1. The summed E-state index contributed by atoms with van der Waals surface area (Å²) in [7, 11) is 4.14. The molecule has 38 heavy (non-hydrogen) atoms. The van der Waals surface area contributed by atoms with Gasteiger partial charge in [0.25, 0.3) is 0 Å². The van der Waals surface area contributed by atoms with Crippen molar-refractivity contribution in [2.24, 2.45) is 0 Å². The van der Waals surface area contributed by atoms with Crippen molar-refractivity contribution in [2.45, 2.75) is 12.5 Å². The molecule has 9 nitrogen and oxygen atoms in total. The normalized spacial score (nSPS) is 15.1. The lowest BCUT2D eigenvalue weighted by Gasteiger charge is -2.22. The summed E-state index contributed by atoms with van der Waals surface area (Å²) in [5, 5.41) is 12.4. The molecule has 5 rings (SSSR count). The van der Waals surface area contributed by atoms with Crippen LogP contribution in [0.2, 0.25) is 5.02 Å². The third kappa shape index (κ3) is 6.04. The predicted molar refractivity (Wildman–Crippen MR) is 147 cm³/mol. The molecular formula is C27H27ClFN7O2. The summed E-state index contributed by atoms with van der Waals surface area (Å²) in [5.74, 6) is 0.125. The van der Waals surface area contributed by atoms with Gasteiger partial charge in [-0.1, -0.05) is 11.6 Å². The number of rotatable bonds is 7. The van der Waals surface area contributed by atoms with Crippen LogP contribution in [0.25, 0.3) is 11.3 Å². The summed E-state index contributed by atoms with van der Waals surface area (Å²) in [6, 6.07) is 12.9. The second-order valence-corrected chi connectivity index (χ2v) is 9.67. The number of H-pyrrole nitrogens is 1. The first-order valence-corrected chi connectivity index (χ1v) is 12.4. The van der Waals surface area contributed by atoms with Gasteiger partial charge in [-0.2, -0.15) is 5.10 Å². The minimum Gasteiger partial charge on any atom is -0.457 e. The van der Waals surface area contributed by atoms with E-state index >= 15 is 0 Å². The lowest BCUT2D eigenvalue weighted by Crippen LogP contribution is -2.31. The second-order valence-electron chi connectivity index (χ2n) is 9.24. The highest BCUT2D eigenvalue weighted by molar-refractivity contribution is 6.31. The van der Waals surface area contributed by atoms with E-state index in [2.05, 4.69) is 49.7 Å². The molecule has 2 aromatic heterocycles. The highest BCUT2D eigenvalue weighted by Gasteiger charge is 2.24. The van der Waals surface area contributed by atoms with Gasteiger partial charge in [0.15, 0.2) is 0 Å². The summed E-state index contributed by atoms with van der Waals surface area (Å²) in [6.45, 7) is 1.78. The average molecular weight is 536 g/mol. The number of pyridine rings is 1. The number of hydrogen-bond donors (Lipinski definition) is 3. The van der Waals surface area contributed by atoms with Crippen molar-refractivity contribution in [3.05, 3.63) is 78.0 Å². The fourth-order valence-electron chi connectivity index (χ4n) is 4.33. The van der Waals surface area contributed by atoms with Crippen LogP contribution in [0, 0.1) is 5.82 Å². The summed E-state index contributed by atoms with van der Waals surface area (Å²) in [4.78, 5) is 21.4. The highest BCUT2D eigenvalue weighted by atomic mass is 35.5. The van der Waals surface area contributed by atoms with Crippen LogP contribution in [-0.2, 0) is 0 Å². The minimum atomic E-state index is -0.639. The van der Waals surface area contributed by atoms with Crippen LogP contribution < -0.4 is 20.3 Å². The van der Waals surface area contributed by atoms with E-state index in [4.69, 9.17) is 16.3 Å². The van der Waals surface area contributed by atoms with Gasteiger partial charge in [0.2, 0.25) is 0 Å². The smallest absolute Gasteiger partial charge is 0.323 e. The topological polar surface area (TPSA) is 98.4 Å². The van der Waals surface area contributed by atoms with Gasteiger partial charge in [0.05, 0.1) is 17.6 Å². The number of nitrogens with one attached hydrogen (secondary N) is 3. The fraction of sp³-hybridized carbons (Fsp3) is 0.222. The first-order chi connectivity index (χ1) is 18.3. The van der Waals surface area contributed by atoms with E-state index in [1.165, 1.54) is 12.1 Å². The molecule has 196 valence electrons. The van der Waals surface area contributed by atoms with Crippen LogP contribution in [-0.4, -0.2) is 59.3 Å². The van der Waals surface area contributed by atoms with Crippen LogP contribution in [0.3, 0.4) is 0 Å². The van der Waals surface area contributed by atoms with Gasteiger partial charge in [-0.25, -0.2) is 9.18 Å². The van der Waals surface area contributed by atoms with Crippen molar-refractivity contribution in [1.29, 1.82) is 0 Å². The Morgan fingerprint density at radius 1 is 1.16 bits per heavy atom. The molecule has 4 aromatic rings. The number of urea groups is 1. The van der Waals surface area contributed by atoms with E-state index < -0.39 is 11.8 Å². The molecule has 3 N–H and O–H groups in total. The van der Waals surface area contributed by atoms with E-state index in [1.54, 1.807) is 42.9 Å². The number of amides is 2. The summed E-state index contributed by atoms with van der Waals surface area (Å²) in [6.07, 6.45) is 6.01. The number of benzene rings is 2. The Bertz CT molecular complexity index is 1430. The molecule has 2 aromatic carbocycles. The maximum absolute atomic E-state index is 14.8. The fourth-order valence-corrected chi connectivity index (χ4v) is 4.56. The lowest BCUT2D eigenvalue weighted by atomic mass is 10.2. The van der Waals surface area contributed by atoms with Crippen molar-refractivity contribution >= 4 is 34.7 Å². The molecule has 1 saturated heterocycles. The zero-order chi connectivity index (χ0) is 26.6. The Labute approximate surface area is 224 Å². The zero-order valence-corrected chi connectivity index (χ0v) is 21.7. The number of carbonyl (C=O) groups is 1. The van der Waals surface area contributed by atoms with Crippen LogP contribution in [0.1, 0.15) is 6.42 Å². The Balaban J connectivity index is 1.22. The molecule has 1 aliphatic heterocycles. The van der Waals surface area contributed by atoms with Crippen molar-refractivity contribution in [1.82, 2.24) is 20.1 Å². The lowest BCUT2D eigenvalue weighted by molar-refractivity contribution is 0.262. The standard InChI is InChI=1S/C27H27ClFN7O2/c1-35(2)20-6-8-36(16-20)21-10-18(28)9-19(11-21)33-27(37)34-25-4-3-22(12-24(25)29)38-23-5-7-30-26(13-23)17-14-31-32-15-17/h3-5,7,9-15,20H,6,8,16H2,1-2H3,(H,31,32)(H2,33,34,37). The van der Waals surface area contributed by atoms with Crippen molar-refractivity contribution in [3.63, 3.8) is 0 Å². The number of anilines is 3. The molecule has 1 atom stereocenters. The third-order valence-electron chi connectivity index (χ3n) is 6.35. The molecule has 0 radical (unpaired) electrons. The Kier molecular flexibility index (Phi) is 7.43. The molecular weight excluding hydrogens is 509 g/mol. The number of likely N-dealkylation sites (N-methyl/N-ethyl adjacent to an activating group) is 1. The van der Waals surface area contributed by atoms with E-state index in [9.17, 15) is 9.18 Å². The molecule has 1 aliphatic rings. The van der Waals surface area contributed by atoms with Gasteiger partial charge < -0.3 is 25.2 Å². The number of nitrogens with zero attached hydrogens (tertiary/aromatic N) is 4. The zero-order valence-electron chi connectivity index (χ0n) is 20.9. The molecule has 0 saturated carbocycles. The van der Waals surface area contributed by atoms with Gasteiger partial charge in [0.1, 0.15) is 17.3 Å². The monoisotopic (exact) mass is 535 g/mol. The van der Waals surface area contributed by atoms with Crippen LogP contribution in [0.15, 0.2) is 67.1 Å². The number of aromatic nitrogens is 3. The molecule has 3 heterocycles. The second kappa shape index (κ2) is 11.1. The Hall–Kier alpha value is -4.15. The number of aromatic amines is 1. The van der Waals surface area contributed by atoms with Gasteiger partial charge in [-0.15, -0.1) is 0 Å². The summed E-state index contributed by atoms with van der Waals surface area (Å²) < 4.78 is 20.6. The minimum absolute atomic E-state index is 0.0132. The first kappa shape index (κ1) is 25.5. The number of carbonyl (C=O) groups excluding carboxylic acids is 1. The SMILES string of the molecule is CN(C)C1CCN(c2cc(Cl)cc(NC(=O)Nc3ccc(Oc4ccnc(-c5cn[nH]c5)c4)cc3F)c2)C1. The molecule has 0 aliphatic carbocycles. The Morgan fingerprint density at radius 3 is 2.74 bits per heavy atom. The predicted octanol–water partition coefficient (Wildman–Crippen LogP) is 5.84. The maximum Gasteiger partial charge on any atom is 0.323 e. The summed E-state index contributed by atoms with van der Waals surface area (Å²) >= 11 is 6.33. The van der Waals surface area contributed by atoms with Gasteiger partial charge in [-0.3, -0.25) is 10.1 Å². The van der Waals surface area contributed by atoms with E-state index in [0.717, 1.165) is 30.8 Å². The van der Waals surface area contributed by atoms with Crippen LogP contribution >= 0.6 is 11.6 Å². The molecule has 2 amide bonds. The van der Waals surface area contributed by atoms with Crippen molar-refractivity contribution in [3.8, 4) is 22.8 Å². The number of halogens is 2. The average Bonchev–Trinajstić information content (AvgIpc) is 3.59. The van der Waals surface area contributed by atoms with Gasteiger partial charge in [0, 0.05) is 65.6 Å². The highest BCUT2D eigenvalue weighted by Crippen LogP contribution is 2.30. The molecule has 11 heteroatoms. The quantitative estimate of drug-likeness (QED) is 0.275. The molecule has 1 fully saturated rings. The van der Waals surface area contributed by atoms with E-state index in [-0.39, 0.29) is 11.4 Å². The van der Waals surface area contributed by atoms with E-state index in [0.29, 0.717) is 28.2 Å². The summed E-state index contributed by atoms with van der Waals surface area (Å²) in [5.41, 5.74) is 2.93. The van der Waals surface area contributed by atoms with Crippen molar-refractivity contribution in [2.75, 3.05) is 42.7 Å². The maximum atomic E-state index is 14.8. The van der Waals surface area contributed by atoms with Crippen molar-refractivity contribution < 1.29 is 13.9 Å². The van der Waals surface area contributed by atoms with Gasteiger partial charge >= 0.3 is 6.03 Å². The molecule has 1 unspecified atom stereocenters. The number of hydrogen-bond acceptors (Lipinski definition) is 6. The Morgan fingerprint density at radius 2 is 2.00 bits per heavy atom. The van der Waals surface area contributed by atoms with E-state index in [1.807, 2.05) is 12.1 Å². The van der Waals surface area contributed by atoms with Crippen LogP contribution in [0.5, 0.6) is 11.5 Å². The molecule has 0 spiro atoms.